The monoisotopic (exact) mass is 287 g/mol. The van der Waals surface area contributed by atoms with Gasteiger partial charge in [-0.15, -0.1) is 0 Å². The van der Waals surface area contributed by atoms with Gasteiger partial charge in [-0.1, -0.05) is 29.8 Å². The number of carbonyl (C=O) groups is 1. The number of benzene rings is 2. The van der Waals surface area contributed by atoms with Gasteiger partial charge in [-0.05, 0) is 24.3 Å². The van der Waals surface area contributed by atoms with Gasteiger partial charge in [0, 0.05) is 28.4 Å². The number of rotatable bonds is 2. The van der Waals surface area contributed by atoms with E-state index in [9.17, 15) is 4.79 Å². The minimum absolute atomic E-state index is 0.585. The number of anilines is 1. The molecule has 20 heavy (non-hydrogen) atoms. The van der Waals surface area contributed by atoms with E-state index in [4.69, 9.17) is 16.3 Å². The van der Waals surface area contributed by atoms with Crippen molar-refractivity contribution in [2.24, 2.45) is 0 Å². The van der Waals surface area contributed by atoms with Gasteiger partial charge in [0.25, 0.3) is 0 Å². The van der Waals surface area contributed by atoms with Crippen LogP contribution in [-0.4, -0.2) is 19.4 Å². The second kappa shape index (κ2) is 5.55. The number of fused-ring (bicyclic) bond motifs is 1. The van der Waals surface area contributed by atoms with Crippen molar-refractivity contribution in [2.75, 3.05) is 18.1 Å². The first-order valence-corrected chi connectivity index (χ1v) is 6.86. The van der Waals surface area contributed by atoms with Gasteiger partial charge in [0.2, 0.25) is 0 Å². The van der Waals surface area contributed by atoms with Crippen LogP contribution in [0.3, 0.4) is 0 Å². The Hall–Kier alpha value is -2.00. The van der Waals surface area contributed by atoms with Gasteiger partial charge < -0.3 is 9.64 Å². The predicted octanol–water partition coefficient (Wildman–Crippen LogP) is 3.55. The SMILES string of the molecule is O=Cc1ccc(Cl)cc1N1CCOc2ccccc2C1. The van der Waals surface area contributed by atoms with E-state index in [0.29, 0.717) is 23.7 Å². The van der Waals surface area contributed by atoms with Crippen molar-refractivity contribution in [3.05, 3.63) is 58.6 Å². The lowest BCUT2D eigenvalue weighted by Crippen LogP contribution is -2.26. The zero-order valence-electron chi connectivity index (χ0n) is 10.9. The first-order valence-electron chi connectivity index (χ1n) is 6.48. The van der Waals surface area contributed by atoms with Crippen LogP contribution in [0.4, 0.5) is 5.69 Å². The van der Waals surface area contributed by atoms with Gasteiger partial charge in [0.05, 0.1) is 6.54 Å². The van der Waals surface area contributed by atoms with Crippen LogP contribution in [0, 0.1) is 0 Å². The number of hydrogen-bond donors (Lipinski definition) is 0. The highest BCUT2D eigenvalue weighted by atomic mass is 35.5. The Morgan fingerprint density at radius 1 is 1.20 bits per heavy atom. The molecular formula is C16H14ClNO2. The molecule has 0 N–H and O–H groups in total. The van der Waals surface area contributed by atoms with Gasteiger partial charge in [0.1, 0.15) is 12.4 Å². The van der Waals surface area contributed by atoms with E-state index in [1.165, 1.54) is 0 Å². The topological polar surface area (TPSA) is 29.5 Å². The number of carbonyl (C=O) groups excluding carboxylic acids is 1. The number of aldehydes is 1. The second-order valence-corrected chi connectivity index (χ2v) is 5.14. The van der Waals surface area contributed by atoms with Crippen LogP contribution in [0.2, 0.25) is 5.02 Å². The molecule has 0 fully saturated rings. The molecule has 0 radical (unpaired) electrons. The third-order valence-corrected chi connectivity index (χ3v) is 3.65. The first-order chi connectivity index (χ1) is 9.78. The Balaban J connectivity index is 1.99. The lowest BCUT2D eigenvalue weighted by molar-refractivity contribution is 0.112. The summed E-state index contributed by atoms with van der Waals surface area (Å²) in [5, 5.41) is 0.629. The molecule has 1 aliphatic heterocycles. The van der Waals surface area contributed by atoms with Crippen molar-refractivity contribution in [1.82, 2.24) is 0 Å². The molecule has 1 heterocycles. The predicted molar refractivity (Wildman–Crippen MR) is 79.8 cm³/mol. The fraction of sp³-hybridized carbons (Fsp3) is 0.188. The van der Waals surface area contributed by atoms with Crippen LogP contribution < -0.4 is 9.64 Å². The van der Waals surface area contributed by atoms with Crippen molar-refractivity contribution in [3.8, 4) is 5.75 Å². The molecule has 0 saturated carbocycles. The Morgan fingerprint density at radius 2 is 2.05 bits per heavy atom. The normalized spacial score (nSPS) is 14.2. The maximum absolute atomic E-state index is 11.2. The fourth-order valence-corrected chi connectivity index (χ4v) is 2.59. The zero-order chi connectivity index (χ0) is 13.9. The molecular weight excluding hydrogens is 274 g/mol. The molecule has 1 aliphatic rings. The molecule has 102 valence electrons. The first kappa shape index (κ1) is 13.0. The van der Waals surface area contributed by atoms with Gasteiger partial charge >= 0.3 is 0 Å². The summed E-state index contributed by atoms with van der Waals surface area (Å²) in [7, 11) is 0. The average Bonchev–Trinajstić information content (AvgIpc) is 2.69. The molecule has 0 unspecified atom stereocenters. The molecule has 2 aromatic carbocycles. The van der Waals surface area contributed by atoms with Crippen LogP contribution in [0.15, 0.2) is 42.5 Å². The highest BCUT2D eigenvalue weighted by molar-refractivity contribution is 6.31. The van der Waals surface area contributed by atoms with Crippen LogP contribution >= 0.6 is 11.6 Å². The summed E-state index contributed by atoms with van der Waals surface area (Å²) < 4.78 is 5.74. The van der Waals surface area contributed by atoms with Gasteiger partial charge in [-0.2, -0.15) is 0 Å². The van der Waals surface area contributed by atoms with E-state index in [1.807, 2.05) is 30.3 Å². The Labute approximate surface area is 122 Å². The number of hydrogen-bond acceptors (Lipinski definition) is 3. The van der Waals surface area contributed by atoms with E-state index >= 15 is 0 Å². The molecule has 3 rings (SSSR count). The molecule has 0 bridgehead atoms. The third kappa shape index (κ3) is 2.49. The highest BCUT2D eigenvalue weighted by Gasteiger charge is 2.17. The number of halogens is 1. The summed E-state index contributed by atoms with van der Waals surface area (Å²) in [5.74, 6) is 0.907. The average molecular weight is 288 g/mol. The van der Waals surface area contributed by atoms with Crippen LogP contribution in [0.1, 0.15) is 15.9 Å². The third-order valence-electron chi connectivity index (χ3n) is 3.41. The van der Waals surface area contributed by atoms with Gasteiger partial charge in [-0.25, -0.2) is 0 Å². The summed E-state index contributed by atoms with van der Waals surface area (Å²) >= 11 is 6.06. The van der Waals surface area contributed by atoms with E-state index in [0.717, 1.165) is 29.8 Å². The van der Waals surface area contributed by atoms with Crippen LogP contribution in [0.5, 0.6) is 5.75 Å². The minimum atomic E-state index is 0.585. The summed E-state index contributed by atoms with van der Waals surface area (Å²) in [6.07, 6.45) is 0.864. The number of para-hydroxylation sites is 1. The van der Waals surface area contributed by atoms with Crippen LogP contribution in [-0.2, 0) is 6.54 Å². The Bertz CT molecular complexity index is 642. The lowest BCUT2D eigenvalue weighted by Gasteiger charge is -2.23. The van der Waals surface area contributed by atoms with Crippen molar-refractivity contribution in [3.63, 3.8) is 0 Å². The quantitative estimate of drug-likeness (QED) is 0.791. The smallest absolute Gasteiger partial charge is 0.152 e. The van der Waals surface area contributed by atoms with E-state index in [-0.39, 0.29) is 0 Å². The summed E-state index contributed by atoms with van der Waals surface area (Å²) in [5.41, 5.74) is 2.61. The lowest BCUT2D eigenvalue weighted by atomic mass is 10.1. The van der Waals surface area contributed by atoms with Gasteiger partial charge in [-0.3, -0.25) is 4.79 Å². The van der Waals surface area contributed by atoms with Crippen molar-refractivity contribution in [1.29, 1.82) is 0 Å². The second-order valence-electron chi connectivity index (χ2n) is 4.70. The van der Waals surface area contributed by atoms with Gasteiger partial charge in [0.15, 0.2) is 6.29 Å². The molecule has 0 aromatic heterocycles. The van der Waals surface area contributed by atoms with E-state index in [1.54, 1.807) is 12.1 Å². The molecule has 2 aromatic rings. The maximum Gasteiger partial charge on any atom is 0.152 e. The summed E-state index contributed by atoms with van der Waals surface area (Å²) in [6.45, 7) is 2.01. The molecule has 0 aliphatic carbocycles. The fourth-order valence-electron chi connectivity index (χ4n) is 2.42. The molecule has 0 spiro atoms. The van der Waals surface area contributed by atoms with Crippen LogP contribution in [0.25, 0.3) is 0 Å². The number of ether oxygens (including phenoxy) is 1. The highest BCUT2D eigenvalue weighted by Crippen LogP contribution is 2.29. The molecule has 3 nitrogen and oxygen atoms in total. The number of nitrogens with zero attached hydrogens (tertiary/aromatic N) is 1. The summed E-state index contributed by atoms with van der Waals surface area (Å²) in [4.78, 5) is 13.3. The molecule has 0 saturated heterocycles. The largest absolute Gasteiger partial charge is 0.491 e. The Kier molecular flexibility index (Phi) is 3.61. The maximum atomic E-state index is 11.2. The van der Waals surface area contributed by atoms with E-state index < -0.39 is 0 Å². The zero-order valence-corrected chi connectivity index (χ0v) is 11.6. The molecule has 0 atom stereocenters. The van der Waals surface area contributed by atoms with Crippen molar-refractivity contribution in [2.45, 2.75) is 6.54 Å². The Morgan fingerprint density at radius 3 is 2.90 bits per heavy atom. The van der Waals surface area contributed by atoms with Crippen molar-refractivity contribution < 1.29 is 9.53 Å². The van der Waals surface area contributed by atoms with Crippen molar-refractivity contribution >= 4 is 23.6 Å². The standard InChI is InChI=1S/C16H14ClNO2/c17-14-6-5-13(11-19)15(9-14)18-7-8-20-16-4-2-1-3-12(16)10-18/h1-6,9,11H,7-8,10H2. The van der Waals surface area contributed by atoms with E-state index in [2.05, 4.69) is 4.90 Å². The molecule has 4 heteroatoms. The minimum Gasteiger partial charge on any atom is -0.491 e. The molecule has 0 amide bonds. The summed E-state index contributed by atoms with van der Waals surface area (Å²) in [6, 6.07) is 13.3.